The van der Waals surface area contributed by atoms with E-state index in [0.29, 0.717) is 18.0 Å². The molecule has 1 aromatic heterocycles. The lowest BCUT2D eigenvalue weighted by atomic mass is 10.0. The number of aliphatic imine (C=N–C) groups is 1. The van der Waals surface area contributed by atoms with Gasteiger partial charge in [-0.05, 0) is 31.4 Å². The average Bonchev–Trinajstić information content (AvgIpc) is 2.57. The third-order valence-electron chi connectivity index (χ3n) is 3.99. The van der Waals surface area contributed by atoms with E-state index >= 15 is 0 Å². The van der Waals surface area contributed by atoms with Crippen molar-refractivity contribution < 1.29 is 4.79 Å². The summed E-state index contributed by atoms with van der Waals surface area (Å²) in [6.45, 7) is 9.49. The average molecular weight is 361 g/mol. The van der Waals surface area contributed by atoms with Crippen LogP contribution in [0.5, 0.6) is 0 Å². The highest BCUT2D eigenvalue weighted by atomic mass is 16.1. The Morgan fingerprint density at radius 2 is 2.12 bits per heavy atom. The molecule has 0 unspecified atom stereocenters. The minimum absolute atomic E-state index is 0.133. The van der Waals surface area contributed by atoms with Gasteiger partial charge in [0.25, 0.3) is 0 Å². The smallest absolute Gasteiger partial charge is 0.217 e. The fraction of sp³-hybridized carbons (Fsp3) is 0.526. The zero-order valence-electron chi connectivity index (χ0n) is 16.1. The monoisotopic (exact) mass is 360 g/mol. The number of rotatable bonds is 10. The first-order valence-electron chi connectivity index (χ1n) is 9.04. The van der Waals surface area contributed by atoms with Crippen LogP contribution in [0.1, 0.15) is 57.2 Å². The van der Waals surface area contributed by atoms with Crippen molar-refractivity contribution in [3.8, 4) is 0 Å². The highest BCUT2D eigenvalue weighted by Crippen LogP contribution is 2.13. The maximum atomic E-state index is 11.4. The number of aromatic nitrogens is 1. The van der Waals surface area contributed by atoms with E-state index < -0.39 is 5.66 Å². The summed E-state index contributed by atoms with van der Waals surface area (Å²) in [7, 11) is 0. The Morgan fingerprint density at radius 1 is 1.38 bits per heavy atom. The molecule has 0 aliphatic carbocycles. The number of unbranched alkanes of at least 4 members (excludes halogenated alkanes) is 3. The summed E-state index contributed by atoms with van der Waals surface area (Å²) in [4.78, 5) is 20.1. The molecule has 0 aliphatic rings. The summed E-state index contributed by atoms with van der Waals surface area (Å²) < 4.78 is 0. The van der Waals surface area contributed by atoms with Gasteiger partial charge < -0.3 is 22.1 Å². The number of hydrogen-bond donors (Lipinski definition) is 4. The second kappa shape index (κ2) is 10.6. The Balaban J connectivity index is 3.06. The van der Waals surface area contributed by atoms with E-state index in [0.717, 1.165) is 31.2 Å². The standard InChI is InChI=1S/C19H32N6O/c1-5-6-7-8-11-19(21,13-23-16(4)26)25-18(24-15(3)20)17-14(2)10-9-12-22-17/h9-10,12H,3,5-8,11,13,20-21H2,1-2,4H3,(H,23,26)(H,24,25)/t19-/m1/s1. The predicted molar refractivity (Wildman–Crippen MR) is 106 cm³/mol. The molecule has 7 heteroatoms. The minimum Gasteiger partial charge on any atom is -0.384 e. The second-order valence-electron chi connectivity index (χ2n) is 6.62. The molecule has 0 aliphatic heterocycles. The van der Waals surface area contributed by atoms with Crippen molar-refractivity contribution >= 4 is 11.7 Å². The van der Waals surface area contributed by atoms with Gasteiger partial charge >= 0.3 is 0 Å². The summed E-state index contributed by atoms with van der Waals surface area (Å²) in [6.07, 6.45) is 6.67. The van der Waals surface area contributed by atoms with Crippen molar-refractivity contribution in [3.63, 3.8) is 0 Å². The zero-order valence-corrected chi connectivity index (χ0v) is 16.1. The van der Waals surface area contributed by atoms with Gasteiger partial charge in [-0.3, -0.25) is 9.78 Å². The number of carbonyl (C=O) groups excluding carboxylic acids is 1. The SMILES string of the molecule is C=C(N)/N=C(/N[C@](N)(CCCCCC)CNC(C)=O)c1ncccc1C. The van der Waals surface area contributed by atoms with Gasteiger partial charge in [0.1, 0.15) is 17.2 Å². The van der Waals surface area contributed by atoms with Gasteiger partial charge in [-0.2, -0.15) is 0 Å². The Labute approximate surface area is 156 Å². The van der Waals surface area contributed by atoms with Crippen LogP contribution in [-0.4, -0.2) is 28.9 Å². The number of nitrogens with two attached hydrogens (primary N) is 2. The molecule has 1 aromatic rings. The lowest BCUT2D eigenvalue weighted by molar-refractivity contribution is -0.119. The largest absolute Gasteiger partial charge is 0.384 e. The van der Waals surface area contributed by atoms with E-state index in [1.165, 1.54) is 6.92 Å². The Bertz CT molecular complexity index is 643. The van der Waals surface area contributed by atoms with E-state index in [2.05, 4.69) is 34.1 Å². The van der Waals surface area contributed by atoms with Crippen LogP contribution in [-0.2, 0) is 4.79 Å². The molecule has 0 radical (unpaired) electrons. The molecule has 26 heavy (non-hydrogen) atoms. The Kier molecular flexibility index (Phi) is 8.78. The van der Waals surface area contributed by atoms with Gasteiger partial charge in [-0.1, -0.05) is 38.8 Å². The number of amidine groups is 1. The maximum absolute atomic E-state index is 11.4. The summed E-state index contributed by atoms with van der Waals surface area (Å²) in [6, 6.07) is 3.79. The third kappa shape index (κ3) is 7.65. The molecule has 0 saturated carbocycles. The van der Waals surface area contributed by atoms with Gasteiger partial charge in [0.2, 0.25) is 5.91 Å². The van der Waals surface area contributed by atoms with Crippen molar-refractivity contribution in [2.24, 2.45) is 16.5 Å². The fourth-order valence-corrected chi connectivity index (χ4v) is 2.60. The predicted octanol–water partition coefficient (Wildman–Crippen LogP) is 1.92. The molecule has 144 valence electrons. The molecule has 1 amide bonds. The highest BCUT2D eigenvalue weighted by Gasteiger charge is 2.27. The van der Waals surface area contributed by atoms with Crippen LogP contribution in [0.2, 0.25) is 0 Å². The van der Waals surface area contributed by atoms with Crippen molar-refractivity contribution in [2.45, 2.75) is 58.5 Å². The summed E-state index contributed by atoms with van der Waals surface area (Å²) in [5.74, 6) is 0.482. The molecule has 1 atom stereocenters. The molecule has 0 bridgehead atoms. The van der Waals surface area contributed by atoms with Crippen LogP contribution in [0, 0.1) is 6.92 Å². The lowest BCUT2D eigenvalue weighted by Gasteiger charge is -2.32. The Hall–Kier alpha value is -2.41. The van der Waals surface area contributed by atoms with Crippen molar-refractivity contribution in [1.82, 2.24) is 15.6 Å². The van der Waals surface area contributed by atoms with Gasteiger partial charge in [0.05, 0.1) is 6.54 Å². The van der Waals surface area contributed by atoms with Crippen LogP contribution in [0.25, 0.3) is 0 Å². The quantitative estimate of drug-likeness (QED) is 0.220. The van der Waals surface area contributed by atoms with E-state index in [1.54, 1.807) is 6.20 Å². The van der Waals surface area contributed by atoms with Crippen molar-refractivity contribution in [2.75, 3.05) is 6.54 Å². The molecule has 0 fully saturated rings. The van der Waals surface area contributed by atoms with Gasteiger partial charge in [0.15, 0.2) is 5.84 Å². The molecule has 0 saturated heterocycles. The number of nitrogens with zero attached hydrogens (tertiary/aromatic N) is 2. The molecule has 6 N–H and O–H groups in total. The third-order valence-corrected chi connectivity index (χ3v) is 3.99. The molecular weight excluding hydrogens is 328 g/mol. The second-order valence-corrected chi connectivity index (χ2v) is 6.62. The van der Waals surface area contributed by atoms with E-state index in [1.807, 2.05) is 19.1 Å². The van der Waals surface area contributed by atoms with Gasteiger partial charge in [0, 0.05) is 13.1 Å². The number of hydrogen-bond acceptors (Lipinski definition) is 5. The molecule has 1 heterocycles. The van der Waals surface area contributed by atoms with Gasteiger partial charge in [-0.25, -0.2) is 4.99 Å². The van der Waals surface area contributed by atoms with E-state index in [4.69, 9.17) is 11.5 Å². The van der Waals surface area contributed by atoms with E-state index in [9.17, 15) is 4.79 Å². The van der Waals surface area contributed by atoms with Crippen LogP contribution in [0.15, 0.2) is 35.7 Å². The van der Waals surface area contributed by atoms with Gasteiger partial charge in [-0.15, -0.1) is 0 Å². The highest BCUT2D eigenvalue weighted by molar-refractivity contribution is 5.99. The first-order chi connectivity index (χ1) is 12.3. The topological polar surface area (TPSA) is 118 Å². The number of carbonyl (C=O) groups is 1. The lowest BCUT2D eigenvalue weighted by Crippen LogP contribution is -2.62. The summed E-state index contributed by atoms with van der Waals surface area (Å²) in [5.41, 5.74) is 13.0. The minimum atomic E-state index is -0.863. The zero-order chi connectivity index (χ0) is 19.6. The normalized spacial score (nSPS) is 13.8. The Morgan fingerprint density at radius 3 is 2.69 bits per heavy atom. The molecule has 0 spiro atoms. The fourth-order valence-electron chi connectivity index (χ4n) is 2.60. The van der Waals surface area contributed by atoms with E-state index in [-0.39, 0.29) is 18.3 Å². The first-order valence-corrected chi connectivity index (χ1v) is 9.04. The first kappa shape index (κ1) is 21.6. The number of aryl methyl sites for hydroxylation is 1. The molecule has 0 aromatic carbocycles. The van der Waals surface area contributed by atoms with Crippen LogP contribution >= 0.6 is 0 Å². The maximum Gasteiger partial charge on any atom is 0.217 e. The number of nitrogens with one attached hydrogen (secondary N) is 2. The summed E-state index contributed by atoms with van der Waals surface area (Å²) in [5, 5.41) is 6.06. The number of amides is 1. The van der Waals surface area contributed by atoms with Crippen LogP contribution in [0.3, 0.4) is 0 Å². The summed E-state index contributed by atoms with van der Waals surface area (Å²) >= 11 is 0. The van der Waals surface area contributed by atoms with Crippen LogP contribution < -0.4 is 22.1 Å². The molecular formula is C19H32N6O. The molecule has 1 rings (SSSR count). The van der Waals surface area contributed by atoms with Crippen molar-refractivity contribution in [1.29, 1.82) is 0 Å². The molecule has 7 nitrogen and oxygen atoms in total. The van der Waals surface area contributed by atoms with Crippen molar-refractivity contribution in [3.05, 3.63) is 42.0 Å². The van der Waals surface area contributed by atoms with Crippen LogP contribution in [0.4, 0.5) is 0 Å². The number of pyridine rings is 1.